The van der Waals surface area contributed by atoms with E-state index in [9.17, 15) is 18.5 Å². The molecule has 0 spiro atoms. The fourth-order valence-corrected chi connectivity index (χ4v) is 3.10. The second-order valence-corrected chi connectivity index (χ2v) is 5.85. The van der Waals surface area contributed by atoms with Crippen molar-refractivity contribution in [2.75, 3.05) is 26.1 Å². The first-order valence-electron chi connectivity index (χ1n) is 5.79. The molecule has 0 aliphatic carbocycles. The zero-order chi connectivity index (χ0) is 15.3. The number of nitrogens with zero attached hydrogens (tertiary/aromatic N) is 1. The summed E-state index contributed by atoms with van der Waals surface area (Å²) in [6.45, 7) is 1.88. The molecule has 1 atom stereocenters. The summed E-state index contributed by atoms with van der Waals surface area (Å²) in [6.07, 6.45) is 0. The van der Waals surface area contributed by atoms with Gasteiger partial charge in [0.1, 0.15) is 4.90 Å². The van der Waals surface area contributed by atoms with E-state index in [2.05, 4.69) is 10.0 Å². The first-order valence-corrected chi connectivity index (χ1v) is 7.27. The molecule has 0 aliphatic rings. The van der Waals surface area contributed by atoms with Crippen molar-refractivity contribution in [3.8, 4) is 0 Å². The molecule has 1 rings (SSSR count). The van der Waals surface area contributed by atoms with E-state index in [-0.39, 0.29) is 22.9 Å². The fourth-order valence-electron chi connectivity index (χ4n) is 1.67. The molecule has 0 aromatic heterocycles. The minimum atomic E-state index is -3.78. The SMILES string of the molecule is CNc1cc([N+](=O)[O-])ccc1S(=O)(=O)NC(C)COC. The first-order chi connectivity index (χ1) is 9.31. The zero-order valence-electron chi connectivity index (χ0n) is 11.4. The molecule has 20 heavy (non-hydrogen) atoms. The van der Waals surface area contributed by atoms with Crippen LogP contribution in [0, 0.1) is 10.1 Å². The maximum absolute atomic E-state index is 12.2. The highest BCUT2D eigenvalue weighted by molar-refractivity contribution is 7.89. The monoisotopic (exact) mass is 303 g/mol. The Morgan fingerprint density at radius 3 is 2.60 bits per heavy atom. The molecule has 0 amide bonds. The van der Waals surface area contributed by atoms with E-state index in [1.165, 1.54) is 26.3 Å². The Hall–Kier alpha value is -1.71. The van der Waals surface area contributed by atoms with E-state index in [1.807, 2.05) is 0 Å². The molecular weight excluding hydrogens is 286 g/mol. The van der Waals surface area contributed by atoms with Crippen molar-refractivity contribution in [1.82, 2.24) is 4.72 Å². The molecule has 0 saturated carbocycles. The van der Waals surface area contributed by atoms with Crippen molar-refractivity contribution < 1.29 is 18.1 Å². The summed E-state index contributed by atoms with van der Waals surface area (Å²) < 4.78 is 31.7. The van der Waals surface area contributed by atoms with Gasteiger partial charge in [0.15, 0.2) is 0 Å². The Balaban J connectivity index is 3.15. The number of hydrogen-bond donors (Lipinski definition) is 2. The number of anilines is 1. The summed E-state index contributed by atoms with van der Waals surface area (Å²) in [7, 11) is -0.817. The number of hydrogen-bond acceptors (Lipinski definition) is 6. The minimum absolute atomic E-state index is 0.0476. The van der Waals surface area contributed by atoms with Gasteiger partial charge in [0, 0.05) is 32.3 Å². The average molecular weight is 303 g/mol. The standard InChI is InChI=1S/C11H17N3O5S/c1-8(7-19-3)13-20(17,18)11-5-4-9(14(15)16)6-10(11)12-2/h4-6,8,12-13H,7H2,1-3H3. The highest BCUT2D eigenvalue weighted by Crippen LogP contribution is 2.26. The summed E-state index contributed by atoms with van der Waals surface area (Å²) in [4.78, 5) is 10.1. The Bertz CT molecular complexity index is 588. The van der Waals surface area contributed by atoms with Crippen LogP contribution in [0.1, 0.15) is 6.92 Å². The lowest BCUT2D eigenvalue weighted by atomic mass is 10.3. The lowest BCUT2D eigenvalue weighted by molar-refractivity contribution is -0.384. The van der Waals surface area contributed by atoms with Gasteiger partial charge in [-0.25, -0.2) is 13.1 Å². The smallest absolute Gasteiger partial charge is 0.271 e. The molecule has 1 aromatic rings. The molecule has 112 valence electrons. The molecule has 1 aromatic carbocycles. The largest absolute Gasteiger partial charge is 0.387 e. The Kier molecular flexibility index (Phi) is 5.43. The van der Waals surface area contributed by atoms with Gasteiger partial charge in [0.2, 0.25) is 10.0 Å². The number of nitro groups is 1. The van der Waals surface area contributed by atoms with E-state index < -0.39 is 21.0 Å². The van der Waals surface area contributed by atoms with Gasteiger partial charge in [-0.05, 0) is 13.0 Å². The lowest BCUT2D eigenvalue weighted by Gasteiger charge is -2.15. The molecule has 9 heteroatoms. The van der Waals surface area contributed by atoms with Crippen molar-refractivity contribution in [3.05, 3.63) is 28.3 Å². The topological polar surface area (TPSA) is 111 Å². The maximum atomic E-state index is 12.2. The third kappa shape index (κ3) is 3.89. The van der Waals surface area contributed by atoms with E-state index in [4.69, 9.17) is 4.74 Å². The van der Waals surface area contributed by atoms with E-state index in [0.29, 0.717) is 0 Å². The van der Waals surface area contributed by atoms with E-state index in [0.717, 1.165) is 6.07 Å². The number of nitro benzene ring substituents is 1. The number of non-ortho nitro benzene ring substituents is 1. The van der Waals surface area contributed by atoms with Crippen LogP contribution in [-0.2, 0) is 14.8 Å². The number of rotatable bonds is 7. The highest BCUT2D eigenvalue weighted by atomic mass is 32.2. The van der Waals surface area contributed by atoms with Crippen molar-refractivity contribution in [2.24, 2.45) is 0 Å². The van der Waals surface area contributed by atoms with Crippen LogP contribution in [0.2, 0.25) is 0 Å². The van der Waals surface area contributed by atoms with Gasteiger partial charge in [0.25, 0.3) is 5.69 Å². The molecule has 0 bridgehead atoms. The van der Waals surface area contributed by atoms with Crippen LogP contribution in [0.3, 0.4) is 0 Å². The molecule has 0 heterocycles. The number of methoxy groups -OCH3 is 1. The summed E-state index contributed by atoms with van der Waals surface area (Å²) in [5, 5.41) is 13.3. The van der Waals surface area contributed by atoms with Gasteiger partial charge in [-0.1, -0.05) is 0 Å². The minimum Gasteiger partial charge on any atom is -0.387 e. The summed E-state index contributed by atoms with van der Waals surface area (Å²) in [5.74, 6) is 0. The predicted octanol–water partition coefficient (Wildman–Crippen LogP) is 0.950. The summed E-state index contributed by atoms with van der Waals surface area (Å²) in [6, 6.07) is 3.11. The van der Waals surface area contributed by atoms with Gasteiger partial charge in [-0.2, -0.15) is 0 Å². The van der Waals surface area contributed by atoms with Gasteiger partial charge in [0.05, 0.1) is 17.2 Å². The van der Waals surface area contributed by atoms with Crippen LogP contribution >= 0.6 is 0 Å². The van der Waals surface area contributed by atoms with Crippen LogP contribution in [0.4, 0.5) is 11.4 Å². The fraction of sp³-hybridized carbons (Fsp3) is 0.455. The van der Waals surface area contributed by atoms with Crippen molar-refractivity contribution in [2.45, 2.75) is 17.9 Å². The normalized spacial score (nSPS) is 12.9. The average Bonchev–Trinajstić information content (AvgIpc) is 2.37. The Morgan fingerprint density at radius 1 is 1.45 bits per heavy atom. The molecule has 0 radical (unpaired) electrons. The van der Waals surface area contributed by atoms with Gasteiger partial charge in [-0.15, -0.1) is 0 Å². The third-order valence-electron chi connectivity index (χ3n) is 2.51. The molecule has 1 unspecified atom stereocenters. The van der Waals surface area contributed by atoms with Crippen LogP contribution < -0.4 is 10.0 Å². The quantitative estimate of drug-likeness (QED) is 0.573. The number of sulfonamides is 1. The van der Waals surface area contributed by atoms with Crippen LogP contribution in [0.15, 0.2) is 23.1 Å². The molecule has 0 aliphatic heterocycles. The van der Waals surface area contributed by atoms with Crippen molar-refractivity contribution in [1.29, 1.82) is 0 Å². The van der Waals surface area contributed by atoms with Gasteiger partial charge in [-0.3, -0.25) is 10.1 Å². The molecule has 2 N–H and O–H groups in total. The Morgan fingerprint density at radius 2 is 2.10 bits per heavy atom. The number of benzene rings is 1. The maximum Gasteiger partial charge on any atom is 0.271 e. The van der Waals surface area contributed by atoms with Crippen LogP contribution in [-0.4, -0.2) is 40.1 Å². The molecule has 0 fully saturated rings. The molecule has 0 saturated heterocycles. The van der Waals surface area contributed by atoms with Crippen LogP contribution in [0.5, 0.6) is 0 Å². The Labute approximate surface area is 117 Å². The molecule has 8 nitrogen and oxygen atoms in total. The molecular formula is C11H17N3O5S. The van der Waals surface area contributed by atoms with E-state index >= 15 is 0 Å². The third-order valence-corrected chi connectivity index (χ3v) is 4.15. The predicted molar refractivity (Wildman–Crippen MR) is 74.3 cm³/mol. The van der Waals surface area contributed by atoms with E-state index in [1.54, 1.807) is 6.92 Å². The van der Waals surface area contributed by atoms with Crippen molar-refractivity contribution >= 4 is 21.4 Å². The summed E-state index contributed by atoms with van der Waals surface area (Å²) >= 11 is 0. The second kappa shape index (κ2) is 6.64. The number of nitrogens with one attached hydrogen (secondary N) is 2. The van der Waals surface area contributed by atoms with Gasteiger partial charge < -0.3 is 10.1 Å². The lowest BCUT2D eigenvalue weighted by Crippen LogP contribution is -2.35. The van der Waals surface area contributed by atoms with Crippen LogP contribution in [0.25, 0.3) is 0 Å². The number of ether oxygens (including phenoxy) is 1. The zero-order valence-corrected chi connectivity index (χ0v) is 12.2. The first kappa shape index (κ1) is 16.3. The summed E-state index contributed by atoms with van der Waals surface area (Å²) in [5.41, 5.74) is -0.0189. The highest BCUT2D eigenvalue weighted by Gasteiger charge is 2.22. The van der Waals surface area contributed by atoms with Crippen molar-refractivity contribution in [3.63, 3.8) is 0 Å². The second-order valence-electron chi connectivity index (χ2n) is 4.17. The van der Waals surface area contributed by atoms with Gasteiger partial charge >= 0.3 is 0 Å².